The van der Waals surface area contributed by atoms with Gasteiger partial charge in [-0.3, -0.25) is 14.9 Å². The molecule has 9 heteroatoms. The highest BCUT2D eigenvalue weighted by Crippen LogP contribution is 2.38. The number of nitro benzene ring substituents is 1. The second-order valence-corrected chi connectivity index (χ2v) is 8.43. The number of anilines is 1. The Hall–Kier alpha value is -2.58. The number of piperidine rings is 1. The fourth-order valence-corrected chi connectivity index (χ4v) is 4.93. The van der Waals surface area contributed by atoms with Gasteiger partial charge in [0.15, 0.2) is 0 Å². The maximum absolute atomic E-state index is 13.0. The van der Waals surface area contributed by atoms with Crippen molar-refractivity contribution in [1.29, 1.82) is 0 Å². The van der Waals surface area contributed by atoms with Gasteiger partial charge in [0, 0.05) is 38.2 Å². The first kappa shape index (κ1) is 20.7. The van der Waals surface area contributed by atoms with Crippen LogP contribution in [0.4, 0.5) is 24.5 Å². The summed E-state index contributed by atoms with van der Waals surface area (Å²) in [7, 11) is 0. The molecule has 0 N–H and O–H groups in total. The molecule has 1 amide bonds. The number of carbonyl (C=O) groups excluding carboxylic acids is 1. The third-order valence-corrected chi connectivity index (χ3v) is 6.62. The monoisotopic (exact) mass is 423 g/mol. The highest BCUT2D eigenvalue weighted by Gasteiger charge is 2.39. The van der Waals surface area contributed by atoms with Crippen LogP contribution in [0.1, 0.15) is 31.2 Å². The number of hydrogen-bond acceptors (Lipinski definition) is 4. The average molecular weight is 423 g/mol. The second kappa shape index (κ2) is 7.92. The van der Waals surface area contributed by atoms with Gasteiger partial charge in [-0.1, -0.05) is 12.2 Å². The first-order chi connectivity index (χ1) is 14.2. The number of hydrogen-bond donors (Lipinski definition) is 0. The summed E-state index contributed by atoms with van der Waals surface area (Å²) in [5.74, 6) is 1.08. The molecule has 1 aromatic rings. The van der Waals surface area contributed by atoms with Gasteiger partial charge in [0.1, 0.15) is 5.69 Å². The number of rotatable bonds is 3. The van der Waals surface area contributed by atoms with Crippen LogP contribution in [0.25, 0.3) is 0 Å². The minimum Gasteiger partial charge on any atom is -0.366 e. The van der Waals surface area contributed by atoms with Crippen LogP contribution in [-0.2, 0) is 11.0 Å². The number of benzene rings is 1. The summed E-state index contributed by atoms with van der Waals surface area (Å²) in [6.07, 6.45) is 2.86. The van der Waals surface area contributed by atoms with E-state index < -0.39 is 22.4 Å². The normalized spacial score (nSPS) is 24.8. The molecule has 0 bridgehead atoms. The third kappa shape index (κ3) is 4.02. The zero-order valence-corrected chi connectivity index (χ0v) is 16.5. The molecular formula is C21H24F3N3O3. The van der Waals surface area contributed by atoms with Crippen molar-refractivity contribution in [2.24, 2.45) is 17.8 Å². The highest BCUT2D eigenvalue weighted by molar-refractivity contribution is 5.79. The Morgan fingerprint density at radius 2 is 1.67 bits per heavy atom. The van der Waals surface area contributed by atoms with E-state index in [1.807, 2.05) is 4.90 Å². The number of halogens is 3. The maximum Gasteiger partial charge on any atom is 0.416 e. The van der Waals surface area contributed by atoms with E-state index in [0.717, 1.165) is 32.0 Å². The van der Waals surface area contributed by atoms with Gasteiger partial charge in [0.25, 0.3) is 5.69 Å². The highest BCUT2D eigenvalue weighted by atomic mass is 19.4. The molecule has 6 nitrogen and oxygen atoms in total. The molecule has 0 radical (unpaired) electrons. The lowest BCUT2D eigenvalue weighted by Gasteiger charge is -2.34. The Labute approximate surface area is 172 Å². The largest absolute Gasteiger partial charge is 0.416 e. The molecule has 0 saturated carbocycles. The van der Waals surface area contributed by atoms with Gasteiger partial charge in [-0.25, -0.2) is 0 Å². The molecule has 1 aromatic carbocycles. The van der Waals surface area contributed by atoms with Crippen molar-refractivity contribution in [3.05, 3.63) is 46.0 Å². The number of fused-ring (bicyclic) bond motifs is 1. The molecule has 0 unspecified atom stereocenters. The van der Waals surface area contributed by atoms with Crippen molar-refractivity contribution >= 4 is 17.3 Å². The smallest absolute Gasteiger partial charge is 0.366 e. The standard InChI is InChI=1S/C21H24F3N3O3/c22-21(23,24)17-5-6-18(19(11-17)27(29)30)25-9-7-14(8-10-25)20(28)26-12-15-3-1-2-4-16(15)13-26/h1-2,5-6,11,14-16H,3-4,7-10,12-13H2/t15-,16-/m1/s1. The van der Waals surface area contributed by atoms with Gasteiger partial charge in [-0.2, -0.15) is 13.2 Å². The van der Waals surface area contributed by atoms with E-state index in [4.69, 9.17) is 0 Å². The summed E-state index contributed by atoms with van der Waals surface area (Å²) < 4.78 is 38.8. The van der Waals surface area contributed by atoms with Crippen molar-refractivity contribution in [2.45, 2.75) is 31.9 Å². The summed E-state index contributed by atoms with van der Waals surface area (Å²) in [6, 6.07) is 2.63. The average Bonchev–Trinajstić information content (AvgIpc) is 3.16. The van der Waals surface area contributed by atoms with Crippen molar-refractivity contribution in [3.8, 4) is 0 Å². The molecule has 3 aliphatic rings. The number of alkyl halides is 3. The summed E-state index contributed by atoms with van der Waals surface area (Å²) in [6.45, 7) is 2.40. The molecule has 2 saturated heterocycles. The van der Waals surface area contributed by atoms with E-state index in [2.05, 4.69) is 12.2 Å². The topological polar surface area (TPSA) is 66.7 Å². The Morgan fingerprint density at radius 1 is 1.07 bits per heavy atom. The fraction of sp³-hybridized carbons (Fsp3) is 0.571. The zero-order chi connectivity index (χ0) is 21.5. The SMILES string of the molecule is O=C(C1CCN(c2ccc(C(F)(F)F)cc2[N+](=O)[O-])CC1)N1C[C@H]2CC=CC[C@@H]2C1. The first-order valence-corrected chi connectivity index (χ1v) is 10.3. The van der Waals surface area contributed by atoms with Crippen molar-refractivity contribution in [3.63, 3.8) is 0 Å². The summed E-state index contributed by atoms with van der Waals surface area (Å²) >= 11 is 0. The van der Waals surface area contributed by atoms with Gasteiger partial charge >= 0.3 is 6.18 Å². The van der Waals surface area contributed by atoms with Gasteiger partial charge in [0.2, 0.25) is 5.91 Å². The van der Waals surface area contributed by atoms with Gasteiger partial charge in [0.05, 0.1) is 10.5 Å². The predicted octanol–water partition coefficient (Wildman–Crippen LogP) is 4.25. The maximum atomic E-state index is 13.0. The number of amides is 1. The molecule has 4 rings (SSSR count). The van der Waals surface area contributed by atoms with Crippen LogP contribution in [0.2, 0.25) is 0 Å². The van der Waals surface area contributed by atoms with Crippen LogP contribution >= 0.6 is 0 Å². The second-order valence-electron chi connectivity index (χ2n) is 8.43. The number of nitrogens with zero attached hydrogens (tertiary/aromatic N) is 3. The van der Waals surface area contributed by atoms with E-state index >= 15 is 0 Å². The van der Waals surface area contributed by atoms with E-state index in [1.54, 1.807) is 4.90 Å². The molecule has 0 aromatic heterocycles. The van der Waals surface area contributed by atoms with Crippen molar-refractivity contribution < 1.29 is 22.9 Å². The Bertz CT molecular complexity index is 847. The number of carbonyl (C=O) groups is 1. The lowest BCUT2D eigenvalue weighted by atomic mass is 9.86. The first-order valence-electron chi connectivity index (χ1n) is 10.3. The van der Waals surface area contributed by atoms with Crippen molar-refractivity contribution in [2.75, 3.05) is 31.1 Å². The Balaban J connectivity index is 1.41. The molecule has 162 valence electrons. The lowest BCUT2D eigenvalue weighted by molar-refractivity contribution is -0.384. The van der Waals surface area contributed by atoms with Crippen LogP contribution in [0, 0.1) is 27.9 Å². The van der Waals surface area contributed by atoms with Gasteiger partial charge in [-0.05, 0) is 49.7 Å². The van der Waals surface area contributed by atoms with Crippen LogP contribution in [-0.4, -0.2) is 41.9 Å². The minimum absolute atomic E-state index is 0.136. The predicted molar refractivity (Wildman–Crippen MR) is 105 cm³/mol. The summed E-state index contributed by atoms with van der Waals surface area (Å²) in [5, 5.41) is 11.4. The molecule has 1 aliphatic carbocycles. The summed E-state index contributed by atoms with van der Waals surface area (Å²) in [4.78, 5) is 27.2. The van der Waals surface area contributed by atoms with Gasteiger partial charge in [-0.15, -0.1) is 0 Å². The number of allylic oxidation sites excluding steroid dienone is 2. The summed E-state index contributed by atoms with van der Waals surface area (Å²) in [5.41, 5.74) is -1.41. The molecule has 2 aliphatic heterocycles. The molecular weight excluding hydrogens is 399 g/mol. The van der Waals surface area contributed by atoms with E-state index in [9.17, 15) is 28.1 Å². The number of likely N-dealkylation sites (tertiary alicyclic amines) is 1. The van der Waals surface area contributed by atoms with Crippen LogP contribution < -0.4 is 4.90 Å². The van der Waals surface area contributed by atoms with Crippen molar-refractivity contribution in [1.82, 2.24) is 4.90 Å². The zero-order valence-electron chi connectivity index (χ0n) is 16.5. The van der Waals surface area contributed by atoms with E-state index in [0.29, 0.717) is 43.8 Å². The molecule has 2 atom stereocenters. The molecule has 0 spiro atoms. The van der Waals surface area contributed by atoms with Crippen LogP contribution in [0.3, 0.4) is 0 Å². The fourth-order valence-electron chi connectivity index (χ4n) is 4.93. The molecule has 30 heavy (non-hydrogen) atoms. The van der Waals surface area contributed by atoms with E-state index in [-0.39, 0.29) is 17.5 Å². The van der Waals surface area contributed by atoms with E-state index in [1.165, 1.54) is 6.07 Å². The molecule has 2 heterocycles. The molecule has 2 fully saturated rings. The number of nitro groups is 1. The lowest BCUT2D eigenvalue weighted by Crippen LogP contribution is -2.42. The van der Waals surface area contributed by atoms with Crippen LogP contribution in [0.5, 0.6) is 0 Å². The van der Waals surface area contributed by atoms with Crippen LogP contribution in [0.15, 0.2) is 30.4 Å². The minimum atomic E-state index is -4.63. The van der Waals surface area contributed by atoms with Gasteiger partial charge < -0.3 is 9.80 Å². The Morgan fingerprint density at radius 3 is 2.20 bits per heavy atom. The Kier molecular flexibility index (Phi) is 5.46. The quantitative estimate of drug-likeness (QED) is 0.414. The third-order valence-electron chi connectivity index (χ3n) is 6.62.